The first kappa shape index (κ1) is 25.7. The molecule has 1 N–H and O–H groups in total. The Morgan fingerprint density at radius 3 is 2.51 bits per heavy atom. The number of fused-ring (bicyclic) bond motifs is 5. The van der Waals surface area contributed by atoms with Gasteiger partial charge in [0.1, 0.15) is 5.78 Å². The number of carbonyl (C=O) groups is 2. The number of carboxylic acid groups (broad SMARTS) is 1. The van der Waals surface area contributed by atoms with E-state index in [4.69, 9.17) is 9.47 Å². The van der Waals surface area contributed by atoms with Gasteiger partial charge in [-0.2, -0.15) is 0 Å². The molecule has 0 aromatic rings. The van der Waals surface area contributed by atoms with Crippen LogP contribution in [0.5, 0.6) is 0 Å². The van der Waals surface area contributed by atoms with E-state index in [1.165, 1.54) is 12.8 Å². The van der Waals surface area contributed by atoms with Crippen LogP contribution in [-0.2, 0) is 19.1 Å². The zero-order valence-corrected chi connectivity index (χ0v) is 22.5. The average Bonchev–Trinajstić information content (AvgIpc) is 3.19. The van der Waals surface area contributed by atoms with Crippen LogP contribution < -0.4 is 0 Å². The fourth-order valence-electron chi connectivity index (χ4n) is 10.0. The molecule has 5 heteroatoms. The fraction of sp³-hybridized carbons (Fsp3) is 0.933. The maximum Gasteiger partial charge on any atom is 0.303 e. The van der Waals surface area contributed by atoms with Crippen LogP contribution in [0.4, 0.5) is 0 Å². The molecular formula is C30H48O5. The van der Waals surface area contributed by atoms with Crippen molar-refractivity contribution >= 4 is 11.8 Å². The van der Waals surface area contributed by atoms with Crippen LogP contribution in [0.1, 0.15) is 105 Å². The summed E-state index contributed by atoms with van der Waals surface area (Å²) in [4.78, 5) is 25.3. The van der Waals surface area contributed by atoms with E-state index in [1.54, 1.807) is 0 Å². The molecule has 1 heterocycles. The van der Waals surface area contributed by atoms with Crippen LogP contribution in [0.2, 0.25) is 0 Å². The molecule has 5 aliphatic rings. The van der Waals surface area contributed by atoms with Gasteiger partial charge in [0.15, 0.2) is 6.29 Å². The van der Waals surface area contributed by atoms with Gasteiger partial charge in [-0.05, 0) is 111 Å². The number of aliphatic carboxylic acids is 1. The standard InChI is InChI=1S/C30H48O5/c1-18(8-11-25(31)32)21-9-10-22-27-23(13-15-29(21,22)3)30(4)14-12-20(17-24(30)19(2)28(27)33)35-26-7-5-6-16-34-26/h18-24,26-27H,5-17H2,1-4H3,(H,31,32)/t18-,19-,20-,21-,22+,23+,24+,26?,27+,29-,30-/m1/s1. The third-order valence-corrected chi connectivity index (χ3v) is 11.9. The highest BCUT2D eigenvalue weighted by atomic mass is 16.7. The van der Waals surface area contributed by atoms with Crippen molar-refractivity contribution in [2.24, 2.45) is 52.3 Å². The number of Topliss-reactive ketones (excluding diaryl/α,β-unsaturated/α-hetero) is 1. The smallest absolute Gasteiger partial charge is 0.303 e. The summed E-state index contributed by atoms with van der Waals surface area (Å²) in [6, 6.07) is 0. The van der Waals surface area contributed by atoms with Crippen molar-refractivity contribution in [1.29, 1.82) is 0 Å². The van der Waals surface area contributed by atoms with Crippen molar-refractivity contribution in [1.82, 2.24) is 0 Å². The first-order chi connectivity index (χ1) is 16.6. The van der Waals surface area contributed by atoms with E-state index in [1.807, 2.05) is 0 Å². The van der Waals surface area contributed by atoms with Crippen LogP contribution >= 0.6 is 0 Å². The maximum absolute atomic E-state index is 14.1. The zero-order chi connectivity index (χ0) is 25.0. The number of ether oxygens (including phenoxy) is 2. The molecule has 0 amide bonds. The molecule has 1 unspecified atom stereocenters. The number of rotatable bonds is 6. The molecule has 1 saturated heterocycles. The lowest BCUT2D eigenvalue weighted by Gasteiger charge is -2.62. The van der Waals surface area contributed by atoms with Crippen LogP contribution in [0.15, 0.2) is 0 Å². The van der Waals surface area contributed by atoms with Crippen molar-refractivity contribution in [3.8, 4) is 0 Å². The molecule has 5 rings (SSSR count). The second-order valence-corrected chi connectivity index (χ2v) is 13.5. The third kappa shape index (κ3) is 4.41. The normalized spacial score (nSPS) is 48.5. The Balaban J connectivity index is 1.32. The van der Waals surface area contributed by atoms with Crippen molar-refractivity contribution in [3.63, 3.8) is 0 Å². The van der Waals surface area contributed by atoms with Crippen LogP contribution in [0.3, 0.4) is 0 Å². The van der Waals surface area contributed by atoms with Gasteiger partial charge in [-0.25, -0.2) is 0 Å². The topological polar surface area (TPSA) is 72.8 Å². The predicted octanol–water partition coefficient (Wildman–Crippen LogP) is 6.48. The summed E-state index contributed by atoms with van der Waals surface area (Å²) in [5, 5.41) is 9.21. The molecule has 11 atom stereocenters. The number of hydrogen-bond donors (Lipinski definition) is 1. The van der Waals surface area contributed by atoms with E-state index in [-0.39, 0.29) is 41.5 Å². The highest BCUT2D eigenvalue weighted by molar-refractivity contribution is 5.85. The number of carbonyl (C=O) groups excluding carboxylic acids is 1. The molecule has 198 valence electrons. The predicted molar refractivity (Wildman–Crippen MR) is 135 cm³/mol. The van der Waals surface area contributed by atoms with Crippen LogP contribution in [-0.4, -0.2) is 35.9 Å². The third-order valence-electron chi connectivity index (χ3n) is 11.9. The van der Waals surface area contributed by atoms with E-state index < -0.39 is 5.97 Å². The Morgan fingerprint density at radius 2 is 1.80 bits per heavy atom. The molecule has 4 saturated carbocycles. The monoisotopic (exact) mass is 488 g/mol. The fourth-order valence-corrected chi connectivity index (χ4v) is 10.0. The quantitative estimate of drug-likeness (QED) is 0.433. The van der Waals surface area contributed by atoms with E-state index in [0.29, 0.717) is 35.4 Å². The van der Waals surface area contributed by atoms with E-state index in [9.17, 15) is 14.7 Å². The minimum Gasteiger partial charge on any atom is -0.481 e. The van der Waals surface area contributed by atoms with Crippen LogP contribution in [0, 0.1) is 52.3 Å². The van der Waals surface area contributed by atoms with Gasteiger partial charge in [0, 0.05) is 24.9 Å². The number of carboxylic acids is 1. The number of hydrogen-bond acceptors (Lipinski definition) is 4. The molecule has 0 aromatic heterocycles. The minimum absolute atomic E-state index is 0.0469. The molecule has 0 aromatic carbocycles. The van der Waals surface area contributed by atoms with Gasteiger partial charge in [0.2, 0.25) is 0 Å². The van der Waals surface area contributed by atoms with Gasteiger partial charge in [0.05, 0.1) is 6.10 Å². The van der Waals surface area contributed by atoms with E-state index in [0.717, 1.165) is 64.4 Å². The minimum atomic E-state index is -0.690. The highest BCUT2D eigenvalue weighted by Crippen LogP contribution is 2.68. The zero-order valence-electron chi connectivity index (χ0n) is 22.5. The molecule has 35 heavy (non-hydrogen) atoms. The second kappa shape index (κ2) is 9.74. The lowest BCUT2D eigenvalue weighted by Crippen LogP contribution is -2.60. The molecule has 1 aliphatic heterocycles. The van der Waals surface area contributed by atoms with Gasteiger partial charge in [-0.3, -0.25) is 9.59 Å². The summed E-state index contributed by atoms with van der Waals surface area (Å²) < 4.78 is 12.3. The Morgan fingerprint density at radius 1 is 1.06 bits per heavy atom. The molecule has 4 aliphatic carbocycles. The first-order valence-corrected chi connectivity index (χ1v) is 14.7. The SMILES string of the molecule is C[C@H](CCC(=O)O)[C@H]1CC[C@H]2[C@@H]3C(=O)[C@H](C)[C@@H]4C[C@H](OC5CCCCO5)CC[C@]4(C)[C@H]3CC[C@]12C. The number of ketones is 1. The van der Waals surface area contributed by atoms with Crippen molar-refractivity contribution in [2.75, 3.05) is 6.61 Å². The lowest BCUT2D eigenvalue weighted by atomic mass is 9.42. The second-order valence-electron chi connectivity index (χ2n) is 13.5. The summed E-state index contributed by atoms with van der Waals surface area (Å²) in [5.41, 5.74) is 0.399. The Kier molecular flexibility index (Phi) is 7.15. The molecular weight excluding hydrogens is 440 g/mol. The Labute approximate surface area is 212 Å². The highest BCUT2D eigenvalue weighted by Gasteiger charge is 2.64. The molecule has 0 spiro atoms. The lowest BCUT2D eigenvalue weighted by molar-refractivity contribution is -0.215. The van der Waals surface area contributed by atoms with Gasteiger partial charge in [-0.15, -0.1) is 0 Å². The molecule has 5 fully saturated rings. The van der Waals surface area contributed by atoms with Crippen molar-refractivity contribution < 1.29 is 24.2 Å². The first-order valence-electron chi connectivity index (χ1n) is 14.7. The maximum atomic E-state index is 14.1. The summed E-state index contributed by atoms with van der Waals surface area (Å²) in [7, 11) is 0. The average molecular weight is 489 g/mol. The Hall–Kier alpha value is -0.940. The van der Waals surface area contributed by atoms with E-state index >= 15 is 0 Å². The van der Waals surface area contributed by atoms with Crippen molar-refractivity contribution in [2.45, 2.75) is 117 Å². The van der Waals surface area contributed by atoms with Gasteiger partial charge < -0.3 is 14.6 Å². The van der Waals surface area contributed by atoms with Crippen molar-refractivity contribution in [3.05, 3.63) is 0 Å². The van der Waals surface area contributed by atoms with Gasteiger partial charge in [-0.1, -0.05) is 27.7 Å². The van der Waals surface area contributed by atoms with E-state index in [2.05, 4.69) is 27.7 Å². The molecule has 0 bridgehead atoms. The largest absolute Gasteiger partial charge is 0.481 e. The Bertz CT molecular complexity index is 805. The summed E-state index contributed by atoms with van der Waals surface area (Å²) in [5.74, 6) is 2.46. The van der Waals surface area contributed by atoms with Crippen LogP contribution in [0.25, 0.3) is 0 Å². The molecule has 0 radical (unpaired) electrons. The molecule has 5 nitrogen and oxygen atoms in total. The summed E-state index contributed by atoms with van der Waals surface area (Å²) in [6.07, 6.45) is 12.4. The van der Waals surface area contributed by atoms with Gasteiger partial charge >= 0.3 is 5.97 Å². The summed E-state index contributed by atoms with van der Waals surface area (Å²) >= 11 is 0. The summed E-state index contributed by atoms with van der Waals surface area (Å²) in [6.45, 7) is 10.2. The van der Waals surface area contributed by atoms with Gasteiger partial charge in [0.25, 0.3) is 0 Å².